The van der Waals surface area contributed by atoms with E-state index in [1.165, 1.54) is 55.8 Å². The normalized spacial score (nSPS) is 29.7. The van der Waals surface area contributed by atoms with Crippen LogP contribution in [0.1, 0.15) is 41.9 Å². The van der Waals surface area contributed by atoms with E-state index >= 15 is 0 Å². The van der Waals surface area contributed by atoms with Gasteiger partial charge in [0, 0.05) is 28.5 Å². The first-order chi connectivity index (χ1) is 12.0. The van der Waals surface area contributed by atoms with Crippen LogP contribution in [0.25, 0.3) is 0 Å². The third kappa shape index (κ3) is 3.02. The molecule has 1 spiro atoms. The fraction of sp³-hybridized carbons (Fsp3) is 0.545. The quantitative estimate of drug-likeness (QED) is 0.739. The van der Waals surface area contributed by atoms with Crippen molar-refractivity contribution in [2.75, 3.05) is 32.1 Å². The Hall–Kier alpha value is -1.32. The number of hydrogen-bond donors (Lipinski definition) is 0. The number of anilines is 1. The van der Waals surface area contributed by atoms with Gasteiger partial charge >= 0.3 is 0 Å². The van der Waals surface area contributed by atoms with Crippen molar-refractivity contribution in [3.05, 3.63) is 52.2 Å². The Labute approximate surface area is 156 Å². The Morgan fingerprint density at radius 3 is 2.24 bits per heavy atom. The van der Waals surface area contributed by atoms with Crippen LogP contribution in [0, 0.1) is 12.3 Å². The molecule has 1 aliphatic carbocycles. The van der Waals surface area contributed by atoms with Crippen LogP contribution >= 0.6 is 11.3 Å². The molecule has 0 N–H and O–H groups in total. The lowest BCUT2D eigenvalue weighted by atomic mass is 9.66. The first-order valence-corrected chi connectivity index (χ1v) is 10.4. The second kappa shape index (κ2) is 6.44. The molecule has 3 heteroatoms. The Morgan fingerprint density at radius 1 is 0.920 bits per heavy atom. The Kier molecular flexibility index (Phi) is 4.41. The number of hydrogen-bond acceptors (Lipinski definition) is 3. The van der Waals surface area contributed by atoms with Gasteiger partial charge in [-0.25, -0.2) is 0 Å². The lowest BCUT2D eigenvalue weighted by Crippen LogP contribution is -2.47. The second-order valence-corrected chi connectivity index (χ2v) is 9.63. The van der Waals surface area contributed by atoms with E-state index in [0.29, 0.717) is 5.41 Å². The maximum Gasteiger partial charge on any atom is 0.0549 e. The van der Waals surface area contributed by atoms with Gasteiger partial charge < -0.3 is 4.90 Å². The predicted octanol–water partition coefficient (Wildman–Crippen LogP) is 5.28. The minimum atomic E-state index is 0.254. The van der Waals surface area contributed by atoms with Crippen LogP contribution in [-0.4, -0.2) is 32.1 Å². The molecular weight excluding hydrogens is 324 g/mol. The van der Waals surface area contributed by atoms with Crippen molar-refractivity contribution in [2.45, 2.75) is 44.6 Å². The highest BCUT2D eigenvalue weighted by molar-refractivity contribution is 7.12. The number of nitrogens with zero attached hydrogens (tertiary/aromatic N) is 2. The lowest BCUT2D eigenvalue weighted by Gasteiger charge is -2.48. The average Bonchev–Trinajstić information content (AvgIpc) is 3.24. The first kappa shape index (κ1) is 17.1. The standard InChI is InChI=1S/C22H30N2S/c1-18-9-10-20(25-18)22(23(2)3)13-11-21(12-14-22)15-16-24(17-21)19-7-5-4-6-8-19/h4-10H,11-17H2,1-3H3. The molecule has 2 aliphatic rings. The van der Waals surface area contributed by atoms with Crippen molar-refractivity contribution in [3.8, 4) is 0 Å². The van der Waals surface area contributed by atoms with Gasteiger partial charge in [0.15, 0.2) is 0 Å². The summed E-state index contributed by atoms with van der Waals surface area (Å²) in [6.07, 6.45) is 6.65. The minimum absolute atomic E-state index is 0.254. The molecule has 0 amide bonds. The monoisotopic (exact) mass is 354 g/mol. The molecule has 2 aromatic rings. The van der Waals surface area contributed by atoms with Crippen molar-refractivity contribution in [1.29, 1.82) is 0 Å². The second-order valence-electron chi connectivity index (χ2n) is 8.34. The van der Waals surface area contributed by atoms with Crippen LogP contribution in [0.15, 0.2) is 42.5 Å². The molecule has 1 aromatic heterocycles. The van der Waals surface area contributed by atoms with Gasteiger partial charge in [-0.3, -0.25) is 4.90 Å². The summed E-state index contributed by atoms with van der Waals surface area (Å²) in [6, 6.07) is 15.6. The van der Waals surface area contributed by atoms with Crippen LogP contribution in [0.4, 0.5) is 5.69 Å². The molecule has 0 atom stereocenters. The average molecular weight is 355 g/mol. The van der Waals surface area contributed by atoms with Crippen molar-refractivity contribution in [2.24, 2.45) is 5.41 Å². The first-order valence-electron chi connectivity index (χ1n) is 9.58. The maximum atomic E-state index is 2.61. The summed E-state index contributed by atoms with van der Waals surface area (Å²) in [6.45, 7) is 4.69. The van der Waals surface area contributed by atoms with Gasteiger partial charge in [0.1, 0.15) is 0 Å². The fourth-order valence-corrected chi connectivity index (χ4v) is 6.19. The third-order valence-corrected chi connectivity index (χ3v) is 7.95. The highest BCUT2D eigenvalue weighted by atomic mass is 32.1. The van der Waals surface area contributed by atoms with Crippen molar-refractivity contribution in [3.63, 3.8) is 0 Å². The topological polar surface area (TPSA) is 6.48 Å². The van der Waals surface area contributed by atoms with E-state index < -0.39 is 0 Å². The van der Waals surface area contributed by atoms with Crippen LogP contribution in [-0.2, 0) is 5.54 Å². The van der Waals surface area contributed by atoms with E-state index in [0.717, 1.165) is 0 Å². The van der Waals surface area contributed by atoms with Crippen LogP contribution < -0.4 is 4.90 Å². The largest absolute Gasteiger partial charge is 0.371 e. The summed E-state index contributed by atoms with van der Waals surface area (Å²) in [4.78, 5) is 8.11. The molecule has 2 nitrogen and oxygen atoms in total. The van der Waals surface area contributed by atoms with E-state index in [4.69, 9.17) is 0 Å². The summed E-state index contributed by atoms with van der Waals surface area (Å²) in [5.41, 5.74) is 2.18. The number of para-hydroxylation sites is 1. The molecule has 1 saturated carbocycles. The number of thiophene rings is 1. The van der Waals surface area contributed by atoms with E-state index in [-0.39, 0.29) is 5.54 Å². The Balaban J connectivity index is 1.51. The summed E-state index contributed by atoms with van der Waals surface area (Å²) in [5.74, 6) is 0. The molecule has 134 valence electrons. The summed E-state index contributed by atoms with van der Waals surface area (Å²) >= 11 is 2.00. The van der Waals surface area contributed by atoms with Crippen molar-refractivity contribution < 1.29 is 0 Å². The zero-order valence-corrected chi connectivity index (χ0v) is 16.6. The molecule has 4 rings (SSSR count). The lowest BCUT2D eigenvalue weighted by molar-refractivity contribution is 0.0466. The molecule has 0 radical (unpaired) electrons. The molecule has 1 aromatic carbocycles. The molecule has 25 heavy (non-hydrogen) atoms. The molecule has 2 heterocycles. The maximum absolute atomic E-state index is 2.61. The third-order valence-electron chi connectivity index (χ3n) is 6.75. The molecule has 2 fully saturated rings. The van der Waals surface area contributed by atoms with Crippen LogP contribution in [0.2, 0.25) is 0 Å². The summed E-state index contributed by atoms with van der Waals surface area (Å²) < 4.78 is 0. The summed E-state index contributed by atoms with van der Waals surface area (Å²) in [5, 5.41) is 0. The SMILES string of the molecule is Cc1ccc(C2(N(C)C)CCC3(CCN(c4ccccc4)C3)CC2)s1. The van der Waals surface area contributed by atoms with E-state index in [1.807, 2.05) is 11.3 Å². The molecule has 0 unspecified atom stereocenters. The van der Waals surface area contributed by atoms with E-state index in [2.05, 4.69) is 73.3 Å². The number of aryl methyl sites for hydroxylation is 1. The van der Waals surface area contributed by atoms with Gasteiger partial charge in [-0.2, -0.15) is 0 Å². The van der Waals surface area contributed by atoms with E-state index in [1.54, 1.807) is 4.88 Å². The van der Waals surface area contributed by atoms with Gasteiger partial charge in [-0.15, -0.1) is 11.3 Å². The smallest absolute Gasteiger partial charge is 0.0549 e. The van der Waals surface area contributed by atoms with Crippen LogP contribution in [0.5, 0.6) is 0 Å². The van der Waals surface area contributed by atoms with Gasteiger partial charge in [0.25, 0.3) is 0 Å². The minimum Gasteiger partial charge on any atom is -0.371 e. The molecule has 0 bridgehead atoms. The highest BCUT2D eigenvalue weighted by Crippen LogP contribution is 2.53. The Morgan fingerprint density at radius 2 is 1.64 bits per heavy atom. The van der Waals surface area contributed by atoms with Crippen molar-refractivity contribution in [1.82, 2.24) is 4.90 Å². The van der Waals surface area contributed by atoms with Gasteiger partial charge in [-0.05, 0) is 82.8 Å². The molecular formula is C22H30N2S. The number of benzene rings is 1. The molecule has 1 aliphatic heterocycles. The van der Waals surface area contributed by atoms with E-state index in [9.17, 15) is 0 Å². The fourth-order valence-electron chi connectivity index (χ4n) is 4.99. The highest BCUT2D eigenvalue weighted by Gasteiger charge is 2.48. The van der Waals surface area contributed by atoms with Crippen LogP contribution in [0.3, 0.4) is 0 Å². The zero-order valence-electron chi connectivity index (χ0n) is 15.8. The molecule has 1 saturated heterocycles. The van der Waals surface area contributed by atoms with Gasteiger partial charge in [-0.1, -0.05) is 18.2 Å². The predicted molar refractivity (Wildman–Crippen MR) is 109 cm³/mol. The van der Waals surface area contributed by atoms with Crippen molar-refractivity contribution >= 4 is 17.0 Å². The summed E-state index contributed by atoms with van der Waals surface area (Å²) in [7, 11) is 4.55. The zero-order chi connectivity index (χ0) is 17.5. The Bertz CT molecular complexity index is 711. The van der Waals surface area contributed by atoms with Gasteiger partial charge in [0.2, 0.25) is 0 Å². The number of rotatable bonds is 3. The van der Waals surface area contributed by atoms with Gasteiger partial charge in [0.05, 0.1) is 5.54 Å².